The summed E-state index contributed by atoms with van der Waals surface area (Å²) in [6.45, 7) is 0. The number of aromatic carboxylic acids is 1. The first-order valence-electron chi connectivity index (χ1n) is 8.31. The van der Waals surface area contributed by atoms with Gasteiger partial charge in [0, 0.05) is 22.0 Å². The summed E-state index contributed by atoms with van der Waals surface area (Å²) in [5, 5.41) is 25.4. The van der Waals surface area contributed by atoms with E-state index in [-0.39, 0.29) is 34.8 Å². The Bertz CT molecular complexity index is 1010. The molecule has 2 aromatic carbocycles. The van der Waals surface area contributed by atoms with Crippen LogP contribution in [0.4, 0.5) is 11.4 Å². The van der Waals surface area contributed by atoms with E-state index in [2.05, 4.69) is 5.32 Å². The zero-order valence-corrected chi connectivity index (χ0v) is 15.4. The van der Waals surface area contributed by atoms with Gasteiger partial charge >= 0.3 is 5.97 Å². The van der Waals surface area contributed by atoms with Crippen LogP contribution in [0, 0.1) is 16.0 Å². The van der Waals surface area contributed by atoms with E-state index in [1.54, 1.807) is 18.2 Å². The Morgan fingerprint density at radius 3 is 2.70 bits per heavy atom. The van der Waals surface area contributed by atoms with Gasteiger partial charge in [0.25, 0.3) is 5.69 Å². The second-order valence-electron chi connectivity index (χ2n) is 6.62. The summed E-state index contributed by atoms with van der Waals surface area (Å²) >= 11 is 12.4. The maximum atomic E-state index is 11.7. The van der Waals surface area contributed by atoms with Crippen molar-refractivity contribution in [3.8, 4) is 0 Å². The molecule has 0 amide bonds. The van der Waals surface area contributed by atoms with Crippen molar-refractivity contribution in [2.75, 3.05) is 5.32 Å². The number of nitrogens with zero attached hydrogens (tertiary/aromatic N) is 1. The Labute approximate surface area is 164 Å². The molecule has 2 aliphatic rings. The lowest BCUT2D eigenvalue weighted by molar-refractivity contribution is -0.385. The molecule has 138 valence electrons. The molecule has 0 saturated heterocycles. The van der Waals surface area contributed by atoms with E-state index in [1.165, 1.54) is 12.1 Å². The van der Waals surface area contributed by atoms with E-state index < -0.39 is 10.9 Å². The monoisotopic (exact) mass is 404 g/mol. The molecule has 8 heteroatoms. The molecule has 0 aromatic heterocycles. The summed E-state index contributed by atoms with van der Waals surface area (Å²) in [7, 11) is 0. The van der Waals surface area contributed by atoms with Crippen molar-refractivity contribution in [3.05, 3.63) is 79.3 Å². The maximum absolute atomic E-state index is 11.7. The van der Waals surface area contributed by atoms with Crippen molar-refractivity contribution in [2.24, 2.45) is 5.92 Å². The molecule has 4 rings (SSSR count). The zero-order chi connectivity index (χ0) is 19.3. The van der Waals surface area contributed by atoms with Crippen LogP contribution in [0.2, 0.25) is 10.0 Å². The molecule has 0 saturated carbocycles. The molecule has 0 bridgehead atoms. The van der Waals surface area contributed by atoms with Gasteiger partial charge in [0.2, 0.25) is 0 Å². The standard InChI is InChI=1S/C19H14Cl2N2O4/c20-9-4-5-12(14(21)8-9)17-11-3-1-2-10(11)16-15(23(26)27)7-6-13(19(24)25)18(16)22-17/h1-2,4-8,10-11,17,22H,3H2,(H,24,25). The predicted molar refractivity (Wildman–Crippen MR) is 103 cm³/mol. The number of halogens is 2. The number of anilines is 1. The molecule has 0 spiro atoms. The molecule has 3 unspecified atom stereocenters. The van der Waals surface area contributed by atoms with E-state index in [9.17, 15) is 20.0 Å². The molecule has 6 nitrogen and oxygen atoms in total. The highest BCUT2D eigenvalue weighted by Crippen LogP contribution is 2.54. The Hall–Kier alpha value is -2.57. The predicted octanol–water partition coefficient (Wildman–Crippen LogP) is 5.43. The molecule has 2 N–H and O–H groups in total. The molecule has 27 heavy (non-hydrogen) atoms. The minimum atomic E-state index is -1.14. The summed E-state index contributed by atoms with van der Waals surface area (Å²) in [6, 6.07) is 7.42. The Morgan fingerprint density at radius 2 is 2.04 bits per heavy atom. The smallest absolute Gasteiger partial charge is 0.337 e. The third-order valence-electron chi connectivity index (χ3n) is 5.22. The number of allylic oxidation sites excluding steroid dienone is 2. The zero-order valence-electron chi connectivity index (χ0n) is 13.9. The third-order valence-corrected chi connectivity index (χ3v) is 5.78. The number of hydrogen-bond acceptors (Lipinski definition) is 4. The van der Waals surface area contributed by atoms with Gasteiger partial charge in [-0.15, -0.1) is 0 Å². The highest BCUT2D eigenvalue weighted by Gasteiger charge is 2.43. The Kier molecular flexibility index (Phi) is 4.32. The average molecular weight is 405 g/mol. The number of fused-ring (bicyclic) bond motifs is 3. The van der Waals surface area contributed by atoms with Crippen molar-refractivity contribution >= 4 is 40.5 Å². The van der Waals surface area contributed by atoms with Crippen LogP contribution in [0.15, 0.2) is 42.5 Å². The lowest BCUT2D eigenvalue weighted by Gasteiger charge is -2.38. The van der Waals surface area contributed by atoms with Crippen LogP contribution in [0.25, 0.3) is 0 Å². The lowest BCUT2D eigenvalue weighted by atomic mass is 9.75. The minimum absolute atomic E-state index is 0.00411. The first kappa shape index (κ1) is 17.8. The van der Waals surface area contributed by atoms with Crippen LogP contribution in [0.5, 0.6) is 0 Å². The van der Waals surface area contributed by atoms with Gasteiger partial charge in [0.1, 0.15) is 0 Å². The van der Waals surface area contributed by atoms with E-state index in [4.69, 9.17) is 23.2 Å². The molecular formula is C19H14Cl2N2O4. The first-order chi connectivity index (χ1) is 12.9. The van der Waals surface area contributed by atoms with Crippen LogP contribution in [0.1, 0.15) is 39.9 Å². The molecule has 1 heterocycles. The second kappa shape index (κ2) is 6.55. The van der Waals surface area contributed by atoms with Gasteiger partial charge in [-0.05, 0) is 36.1 Å². The van der Waals surface area contributed by atoms with Crippen LogP contribution in [0.3, 0.4) is 0 Å². The van der Waals surface area contributed by atoms with Gasteiger partial charge in [-0.2, -0.15) is 0 Å². The summed E-state index contributed by atoms with van der Waals surface area (Å²) in [6.07, 6.45) is 4.59. The number of nitro benzene ring substituents is 1. The Morgan fingerprint density at radius 1 is 1.26 bits per heavy atom. The van der Waals surface area contributed by atoms with Crippen molar-refractivity contribution in [1.29, 1.82) is 0 Å². The maximum Gasteiger partial charge on any atom is 0.337 e. The summed E-state index contributed by atoms with van der Waals surface area (Å²) in [4.78, 5) is 22.8. The fourth-order valence-corrected chi connectivity index (χ4v) is 4.61. The fraction of sp³-hybridized carbons (Fsp3) is 0.211. The number of nitro groups is 1. The molecule has 3 atom stereocenters. The molecular weight excluding hydrogens is 391 g/mol. The second-order valence-corrected chi connectivity index (χ2v) is 7.47. The number of carboxylic acid groups (broad SMARTS) is 1. The lowest BCUT2D eigenvalue weighted by Crippen LogP contribution is -2.31. The molecule has 2 aromatic rings. The minimum Gasteiger partial charge on any atom is -0.478 e. The van der Waals surface area contributed by atoms with Gasteiger partial charge < -0.3 is 10.4 Å². The molecule has 1 aliphatic carbocycles. The molecule has 0 radical (unpaired) electrons. The van der Waals surface area contributed by atoms with E-state index in [0.29, 0.717) is 22.0 Å². The number of rotatable bonds is 3. The van der Waals surface area contributed by atoms with Crippen molar-refractivity contribution in [3.63, 3.8) is 0 Å². The highest BCUT2D eigenvalue weighted by molar-refractivity contribution is 6.35. The molecule has 0 fully saturated rings. The van der Waals surface area contributed by atoms with Gasteiger partial charge in [-0.25, -0.2) is 4.79 Å². The fourth-order valence-electron chi connectivity index (χ4n) is 4.09. The van der Waals surface area contributed by atoms with Gasteiger partial charge in [0.05, 0.1) is 27.8 Å². The third kappa shape index (κ3) is 2.85. The van der Waals surface area contributed by atoms with Crippen LogP contribution >= 0.6 is 23.2 Å². The van der Waals surface area contributed by atoms with Crippen molar-refractivity contribution in [2.45, 2.75) is 18.4 Å². The normalized spacial score (nSPS) is 22.7. The van der Waals surface area contributed by atoms with Crippen LogP contribution in [-0.4, -0.2) is 16.0 Å². The highest BCUT2D eigenvalue weighted by atomic mass is 35.5. The quantitative estimate of drug-likeness (QED) is 0.404. The van der Waals surface area contributed by atoms with Gasteiger partial charge in [0.15, 0.2) is 0 Å². The number of hydrogen-bond donors (Lipinski definition) is 2. The van der Waals surface area contributed by atoms with Gasteiger partial charge in [-0.1, -0.05) is 41.4 Å². The summed E-state index contributed by atoms with van der Waals surface area (Å²) in [5.41, 5.74) is 1.41. The number of nitrogens with one attached hydrogen (secondary N) is 1. The summed E-state index contributed by atoms with van der Waals surface area (Å²) in [5.74, 6) is -1.42. The van der Waals surface area contributed by atoms with E-state index in [0.717, 1.165) is 5.56 Å². The first-order valence-corrected chi connectivity index (χ1v) is 9.06. The van der Waals surface area contributed by atoms with Crippen LogP contribution < -0.4 is 5.32 Å². The van der Waals surface area contributed by atoms with Crippen molar-refractivity contribution in [1.82, 2.24) is 0 Å². The number of benzene rings is 2. The van der Waals surface area contributed by atoms with Gasteiger partial charge in [-0.3, -0.25) is 10.1 Å². The van der Waals surface area contributed by atoms with Crippen molar-refractivity contribution < 1.29 is 14.8 Å². The van der Waals surface area contributed by atoms with E-state index in [1.807, 2.05) is 12.2 Å². The SMILES string of the molecule is O=C(O)c1ccc([N+](=O)[O-])c2c1NC(c1ccc(Cl)cc1Cl)C1CC=CC21. The number of carbonyl (C=O) groups is 1. The Balaban J connectivity index is 1.93. The topological polar surface area (TPSA) is 92.5 Å². The largest absolute Gasteiger partial charge is 0.478 e. The summed E-state index contributed by atoms with van der Waals surface area (Å²) < 4.78 is 0. The molecule has 1 aliphatic heterocycles. The van der Waals surface area contributed by atoms with E-state index >= 15 is 0 Å². The number of carboxylic acids is 1. The van der Waals surface area contributed by atoms with Crippen LogP contribution in [-0.2, 0) is 0 Å². The average Bonchev–Trinajstić information content (AvgIpc) is 3.09.